The Morgan fingerprint density at radius 1 is 0.394 bits per heavy atom. The monoisotopic (exact) mass is 470 g/mol. The molecule has 0 heterocycles. The van der Waals surface area contributed by atoms with Crippen molar-refractivity contribution in [3.8, 4) is 0 Å². The lowest BCUT2D eigenvalue weighted by atomic mass is 9.60. The molecule has 33 heavy (non-hydrogen) atoms. The van der Waals surface area contributed by atoms with Crippen LogP contribution in [0, 0.1) is 10.8 Å². The van der Waals surface area contributed by atoms with Crippen LogP contribution in [0.25, 0.3) is 0 Å². The molecule has 0 aromatic carbocycles. The maximum absolute atomic E-state index is 10.1. The number of hydrogen-bond acceptors (Lipinski definition) is 3. The van der Waals surface area contributed by atoms with Gasteiger partial charge in [0.15, 0.2) is 0 Å². The summed E-state index contributed by atoms with van der Waals surface area (Å²) in [6, 6.07) is 0. The highest BCUT2D eigenvalue weighted by atomic mass is 16.3. The van der Waals surface area contributed by atoms with Crippen molar-refractivity contribution < 1.29 is 15.3 Å². The van der Waals surface area contributed by atoms with Crippen LogP contribution in [0.2, 0.25) is 0 Å². The molecule has 0 aliphatic heterocycles. The maximum Gasteiger partial charge on any atom is 0.0536 e. The van der Waals surface area contributed by atoms with E-state index in [1.807, 2.05) is 0 Å². The van der Waals surface area contributed by atoms with Crippen LogP contribution in [-0.4, -0.2) is 35.1 Å². The summed E-state index contributed by atoms with van der Waals surface area (Å²) in [5, 5.41) is 30.3. The Morgan fingerprint density at radius 2 is 0.636 bits per heavy atom. The Balaban J connectivity index is 4.27. The average molecular weight is 471 g/mol. The van der Waals surface area contributed by atoms with Gasteiger partial charge in [0.25, 0.3) is 0 Å². The first-order valence-electron chi connectivity index (χ1n) is 14.9. The molecule has 0 saturated carbocycles. The number of hydrogen-bond donors (Lipinski definition) is 3. The van der Waals surface area contributed by atoms with Crippen molar-refractivity contribution in [3.05, 3.63) is 0 Å². The first kappa shape index (κ1) is 32.9. The van der Waals surface area contributed by atoms with E-state index in [1.54, 1.807) is 0 Å². The molecular weight excluding hydrogens is 408 g/mol. The molecule has 3 heteroatoms. The predicted molar refractivity (Wildman–Crippen MR) is 145 cm³/mol. The van der Waals surface area contributed by atoms with Gasteiger partial charge in [-0.2, -0.15) is 0 Å². The van der Waals surface area contributed by atoms with E-state index in [1.165, 1.54) is 116 Å². The normalized spacial score (nSPS) is 12.5. The first-order chi connectivity index (χ1) is 16.1. The lowest BCUT2D eigenvalue weighted by molar-refractivity contribution is -0.0954. The zero-order valence-electron chi connectivity index (χ0n) is 23.0. The minimum Gasteiger partial charge on any atom is -0.396 e. The Hall–Kier alpha value is -0.120. The molecule has 0 aromatic heterocycles. The highest BCUT2D eigenvalue weighted by molar-refractivity contribution is 4.94. The SMILES string of the molecule is CCCCCCCCCCCCC(C)(CCCCCCCCCCCC)C(CO)(CO)CO. The maximum atomic E-state index is 10.1. The van der Waals surface area contributed by atoms with Gasteiger partial charge in [-0.15, -0.1) is 0 Å². The van der Waals surface area contributed by atoms with E-state index in [0.29, 0.717) is 0 Å². The van der Waals surface area contributed by atoms with Gasteiger partial charge in [0, 0.05) is 5.41 Å². The van der Waals surface area contributed by atoms with E-state index in [-0.39, 0.29) is 25.2 Å². The summed E-state index contributed by atoms with van der Waals surface area (Å²) in [4.78, 5) is 0. The minimum absolute atomic E-state index is 0.133. The molecule has 0 bridgehead atoms. The number of aliphatic hydroxyl groups is 3. The lowest BCUT2D eigenvalue weighted by Crippen LogP contribution is -2.48. The fourth-order valence-corrected chi connectivity index (χ4v) is 5.38. The lowest BCUT2D eigenvalue weighted by Gasteiger charge is -2.46. The van der Waals surface area contributed by atoms with Crippen LogP contribution in [0.15, 0.2) is 0 Å². The van der Waals surface area contributed by atoms with Crippen molar-refractivity contribution in [3.63, 3.8) is 0 Å². The van der Waals surface area contributed by atoms with E-state index < -0.39 is 5.41 Å². The summed E-state index contributed by atoms with van der Waals surface area (Å²) in [5.74, 6) is 0. The van der Waals surface area contributed by atoms with Gasteiger partial charge in [-0.1, -0.05) is 149 Å². The van der Waals surface area contributed by atoms with Gasteiger partial charge in [-0.05, 0) is 18.3 Å². The van der Waals surface area contributed by atoms with Crippen LogP contribution >= 0.6 is 0 Å². The largest absolute Gasteiger partial charge is 0.396 e. The topological polar surface area (TPSA) is 60.7 Å². The van der Waals surface area contributed by atoms with Gasteiger partial charge in [0.1, 0.15) is 0 Å². The number of unbranched alkanes of at least 4 members (excludes halogenated alkanes) is 18. The second kappa shape index (κ2) is 22.4. The third-order valence-electron chi connectivity index (χ3n) is 8.35. The number of aliphatic hydroxyl groups excluding tert-OH is 3. The van der Waals surface area contributed by atoms with Crippen molar-refractivity contribution in [2.24, 2.45) is 10.8 Å². The van der Waals surface area contributed by atoms with E-state index >= 15 is 0 Å². The van der Waals surface area contributed by atoms with Crippen molar-refractivity contribution in [2.75, 3.05) is 19.8 Å². The molecular formula is C30H62O3. The highest BCUT2D eigenvalue weighted by Crippen LogP contribution is 2.47. The molecule has 3 nitrogen and oxygen atoms in total. The van der Waals surface area contributed by atoms with Crippen LogP contribution in [0.5, 0.6) is 0 Å². The summed E-state index contributed by atoms with van der Waals surface area (Å²) in [6.45, 7) is 6.34. The van der Waals surface area contributed by atoms with Gasteiger partial charge in [-0.25, -0.2) is 0 Å². The van der Waals surface area contributed by atoms with E-state index in [2.05, 4.69) is 20.8 Å². The summed E-state index contributed by atoms with van der Waals surface area (Å²) in [7, 11) is 0. The zero-order chi connectivity index (χ0) is 24.7. The quantitative estimate of drug-likeness (QED) is 0.111. The van der Waals surface area contributed by atoms with Gasteiger partial charge in [0.05, 0.1) is 19.8 Å². The molecule has 0 amide bonds. The third-order valence-corrected chi connectivity index (χ3v) is 8.35. The smallest absolute Gasteiger partial charge is 0.0536 e. The van der Waals surface area contributed by atoms with Gasteiger partial charge >= 0.3 is 0 Å². The second-order valence-corrected chi connectivity index (χ2v) is 11.2. The van der Waals surface area contributed by atoms with Crippen LogP contribution in [-0.2, 0) is 0 Å². The Labute approximate surface area is 208 Å². The molecule has 200 valence electrons. The van der Waals surface area contributed by atoms with Crippen molar-refractivity contribution in [1.29, 1.82) is 0 Å². The minimum atomic E-state index is -0.772. The molecule has 0 radical (unpaired) electrons. The molecule has 3 N–H and O–H groups in total. The van der Waals surface area contributed by atoms with Gasteiger partial charge in [0.2, 0.25) is 0 Å². The number of rotatable bonds is 26. The van der Waals surface area contributed by atoms with Crippen molar-refractivity contribution >= 4 is 0 Å². The van der Waals surface area contributed by atoms with Crippen molar-refractivity contribution in [1.82, 2.24) is 0 Å². The standard InChI is InChI=1S/C30H62O3/c1-4-6-8-10-12-14-16-18-20-22-24-29(3,30(26-31,27-32)28-33)25-23-21-19-17-15-13-11-9-7-5-2/h31-33H,4-28H2,1-3H3. The average Bonchev–Trinajstić information content (AvgIpc) is 2.83. The Kier molecular flexibility index (Phi) is 22.3. The predicted octanol–water partition coefficient (Wildman–Crippen LogP) is 8.58. The summed E-state index contributed by atoms with van der Waals surface area (Å²) in [6.07, 6.45) is 28.3. The summed E-state index contributed by atoms with van der Waals surface area (Å²) < 4.78 is 0. The fourth-order valence-electron chi connectivity index (χ4n) is 5.38. The van der Waals surface area contributed by atoms with Gasteiger partial charge < -0.3 is 15.3 Å². The molecule has 0 rings (SSSR count). The fraction of sp³-hybridized carbons (Fsp3) is 1.00. The second-order valence-electron chi connectivity index (χ2n) is 11.2. The van der Waals surface area contributed by atoms with Crippen molar-refractivity contribution in [2.45, 2.75) is 162 Å². The van der Waals surface area contributed by atoms with Crippen LogP contribution < -0.4 is 0 Å². The van der Waals surface area contributed by atoms with Crippen LogP contribution in [0.3, 0.4) is 0 Å². The molecule has 0 spiro atoms. The summed E-state index contributed by atoms with van der Waals surface area (Å²) in [5.41, 5.74) is -0.975. The molecule has 0 atom stereocenters. The Morgan fingerprint density at radius 3 is 0.879 bits per heavy atom. The van der Waals surface area contributed by atoms with E-state index in [9.17, 15) is 15.3 Å². The third kappa shape index (κ3) is 14.8. The molecule has 0 unspecified atom stereocenters. The highest BCUT2D eigenvalue weighted by Gasteiger charge is 2.46. The molecule has 0 saturated heterocycles. The van der Waals surface area contributed by atoms with E-state index in [0.717, 1.165) is 25.7 Å². The zero-order valence-corrected chi connectivity index (χ0v) is 23.0. The Bertz CT molecular complexity index is 360. The molecule has 0 aliphatic rings. The summed E-state index contributed by atoms with van der Waals surface area (Å²) >= 11 is 0. The molecule has 0 fully saturated rings. The molecule has 0 aliphatic carbocycles. The molecule has 0 aromatic rings. The first-order valence-corrected chi connectivity index (χ1v) is 14.9. The van der Waals surface area contributed by atoms with Crippen LogP contribution in [0.4, 0.5) is 0 Å². The van der Waals surface area contributed by atoms with Crippen LogP contribution in [0.1, 0.15) is 162 Å². The van der Waals surface area contributed by atoms with E-state index in [4.69, 9.17) is 0 Å². The van der Waals surface area contributed by atoms with Gasteiger partial charge in [-0.3, -0.25) is 0 Å².